The summed E-state index contributed by atoms with van der Waals surface area (Å²) in [5, 5.41) is 12.4. The van der Waals surface area contributed by atoms with Crippen molar-refractivity contribution in [2.24, 2.45) is 20.2 Å². The van der Waals surface area contributed by atoms with Crippen molar-refractivity contribution in [3.8, 4) is 0 Å². The first-order valence-electron chi connectivity index (χ1n) is 7.47. The van der Waals surface area contributed by atoms with Gasteiger partial charge in [0, 0.05) is 26.2 Å². The number of hydrogen-bond donors (Lipinski definition) is 3. The fourth-order valence-electron chi connectivity index (χ4n) is 1.78. The Labute approximate surface area is 164 Å². The van der Waals surface area contributed by atoms with E-state index in [1.54, 1.807) is 0 Å². The summed E-state index contributed by atoms with van der Waals surface area (Å²) >= 11 is 10.1. The normalized spacial score (nSPS) is 20.4. The van der Waals surface area contributed by atoms with Crippen LogP contribution in [0.15, 0.2) is 20.2 Å². The Kier molecular flexibility index (Phi) is 13.0. The fourth-order valence-corrected chi connectivity index (χ4v) is 2.13. The number of hydrogen-bond acceptors (Lipinski definition) is 8. The van der Waals surface area contributed by atoms with Crippen molar-refractivity contribution >= 4 is 47.0 Å². The largest absolute Gasteiger partial charge is 2.00 e. The summed E-state index contributed by atoms with van der Waals surface area (Å²) in [5.41, 5.74) is 6.76. The molecule has 1 heterocycles. The van der Waals surface area contributed by atoms with E-state index in [0.717, 1.165) is 6.54 Å². The van der Waals surface area contributed by atoms with Gasteiger partial charge < -0.3 is 35.3 Å². The van der Waals surface area contributed by atoms with E-state index in [4.69, 9.17) is 30.0 Å². The van der Waals surface area contributed by atoms with Crippen molar-refractivity contribution in [1.29, 1.82) is 0 Å². The van der Waals surface area contributed by atoms with Gasteiger partial charge in [-0.3, -0.25) is 20.8 Å². The summed E-state index contributed by atoms with van der Waals surface area (Å²) in [5.74, 6) is 0. The third-order valence-corrected chi connectivity index (χ3v) is 3.24. The number of ether oxygens (including phenoxy) is 1. The van der Waals surface area contributed by atoms with Crippen LogP contribution in [0, 0.1) is 0 Å². The van der Waals surface area contributed by atoms with Gasteiger partial charge in [0.1, 0.15) is 11.8 Å². The molecule has 0 aromatic rings. The molecule has 1 atom stereocenters. The van der Waals surface area contributed by atoms with E-state index in [1.165, 1.54) is 0 Å². The minimum Gasteiger partial charge on any atom is -0.741 e. The second-order valence-corrected chi connectivity index (χ2v) is 5.31. The summed E-state index contributed by atoms with van der Waals surface area (Å²) in [6.07, 6.45) is -0.220. The molecule has 0 bridgehead atoms. The topological polar surface area (TPSA) is 94.8 Å². The van der Waals surface area contributed by atoms with Gasteiger partial charge in [0.2, 0.25) is 0 Å². The molecule has 8 nitrogen and oxygen atoms in total. The number of rotatable bonds is 6. The molecule has 1 radical (unpaired) electrons. The van der Waals surface area contributed by atoms with E-state index in [-0.39, 0.29) is 23.2 Å². The van der Waals surface area contributed by atoms with Gasteiger partial charge in [0.15, 0.2) is 0 Å². The SMILES string of the molecule is CCN=C([S-])N/N=C(/C(C)=N/NC([S-])=NCC)C1CNCCO1.[Cu+2]. The molecule has 0 aliphatic carbocycles. The van der Waals surface area contributed by atoms with Crippen LogP contribution in [-0.2, 0) is 47.1 Å². The molecule has 1 aliphatic heterocycles. The summed E-state index contributed by atoms with van der Waals surface area (Å²) in [6, 6.07) is 0. The quantitative estimate of drug-likeness (QED) is 0.180. The Hall–Kier alpha value is -0.841. The van der Waals surface area contributed by atoms with E-state index in [2.05, 4.69) is 36.4 Å². The standard InChI is InChI=1S/C13H25N7OS2.Cu/c1-4-15-12(22)19-17-9(3)11(10-8-14-6-7-21-10)18-20-13(23)16-5-2;/h10,14H,4-8H2,1-3H3,(H2,15,19,22)(H2,16,20,23);/q;+2/p-2/b17-9+,18-11-;. The molecule has 1 saturated heterocycles. The van der Waals surface area contributed by atoms with Crippen molar-refractivity contribution < 1.29 is 21.8 Å². The molecule has 139 valence electrons. The van der Waals surface area contributed by atoms with Crippen LogP contribution in [0.5, 0.6) is 0 Å². The summed E-state index contributed by atoms with van der Waals surface area (Å²) in [7, 11) is 0. The molecule has 1 fully saturated rings. The first-order valence-corrected chi connectivity index (χ1v) is 8.29. The van der Waals surface area contributed by atoms with Crippen molar-refractivity contribution in [3.63, 3.8) is 0 Å². The number of nitrogens with zero attached hydrogens (tertiary/aromatic N) is 4. The summed E-state index contributed by atoms with van der Waals surface area (Å²) < 4.78 is 5.74. The second-order valence-electron chi connectivity index (χ2n) is 4.54. The predicted octanol–water partition coefficient (Wildman–Crippen LogP) is -0.271. The molecule has 11 heteroatoms. The van der Waals surface area contributed by atoms with Gasteiger partial charge in [-0.05, 0) is 31.1 Å². The van der Waals surface area contributed by atoms with Crippen LogP contribution in [0.1, 0.15) is 20.8 Å². The van der Waals surface area contributed by atoms with E-state index in [0.29, 0.717) is 48.0 Å². The van der Waals surface area contributed by atoms with Gasteiger partial charge in [0.25, 0.3) is 0 Å². The van der Waals surface area contributed by atoms with Crippen LogP contribution >= 0.6 is 0 Å². The molecular formula is C13H23CuN7OS2. The average molecular weight is 421 g/mol. The van der Waals surface area contributed by atoms with E-state index in [9.17, 15) is 0 Å². The number of aliphatic imine (C=N–C) groups is 2. The van der Waals surface area contributed by atoms with Gasteiger partial charge >= 0.3 is 17.1 Å². The van der Waals surface area contributed by atoms with Crippen molar-refractivity contribution in [1.82, 2.24) is 16.2 Å². The molecule has 24 heavy (non-hydrogen) atoms. The van der Waals surface area contributed by atoms with Crippen LogP contribution in [0.25, 0.3) is 0 Å². The van der Waals surface area contributed by atoms with Gasteiger partial charge in [-0.1, -0.05) is 0 Å². The third kappa shape index (κ3) is 8.86. The molecule has 0 aromatic heterocycles. The van der Waals surface area contributed by atoms with Gasteiger partial charge in [-0.25, -0.2) is 0 Å². The van der Waals surface area contributed by atoms with Gasteiger partial charge in [-0.15, -0.1) is 0 Å². The van der Waals surface area contributed by atoms with Gasteiger partial charge in [0.05, 0.1) is 12.3 Å². The predicted molar refractivity (Wildman–Crippen MR) is 100 cm³/mol. The Balaban J connectivity index is 0.00000529. The molecule has 0 spiro atoms. The van der Waals surface area contributed by atoms with Crippen LogP contribution in [0.4, 0.5) is 0 Å². The smallest absolute Gasteiger partial charge is 0.741 e. The number of hydrazone groups is 2. The molecular weight excluding hydrogens is 398 g/mol. The van der Waals surface area contributed by atoms with Crippen LogP contribution < -0.4 is 16.2 Å². The van der Waals surface area contributed by atoms with Crippen molar-refractivity contribution in [2.45, 2.75) is 26.9 Å². The zero-order chi connectivity index (χ0) is 17.1. The third-order valence-electron chi connectivity index (χ3n) is 2.80. The number of nitrogens with one attached hydrogen (secondary N) is 3. The maximum Gasteiger partial charge on any atom is 2.00 e. The van der Waals surface area contributed by atoms with E-state index < -0.39 is 0 Å². The zero-order valence-corrected chi connectivity index (χ0v) is 16.5. The Morgan fingerprint density at radius 2 is 1.71 bits per heavy atom. The minimum atomic E-state index is -0.220. The summed E-state index contributed by atoms with van der Waals surface area (Å²) in [6.45, 7) is 8.90. The van der Waals surface area contributed by atoms with E-state index in [1.807, 2.05) is 20.8 Å². The molecule has 0 saturated carbocycles. The summed E-state index contributed by atoms with van der Waals surface area (Å²) in [4.78, 5) is 8.11. The Bertz CT molecular complexity index is 491. The Morgan fingerprint density at radius 3 is 2.21 bits per heavy atom. The van der Waals surface area contributed by atoms with Crippen molar-refractivity contribution in [3.05, 3.63) is 0 Å². The maximum absolute atomic E-state index is 5.74. The average Bonchev–Trinajstić information content (AvgIpc) is 2.54. The first kappa shape index (κ1) is 23.2. The number of amidine groups is 2. The van der Waals surface area contributed by atoms with Crippen LogP contribution in [-0.4, -0.2) is 60.6 Å². The minimum absolute atomic E-state index is 0. The van der Waals surface area contributed by atoms with Crippen molar-refractivity contribution in [2.75, 3.05) is 32.8 Å². The maximum atomic E-state index is 5.74. The van der Waals surface area contributed by atoms with E-state index >= 15 is 0 Å². The Morgan fingerprint density at radius 1 is 1.12 bits per heavy atom. The van der Waals surface area contributed by atoms with Gasteiger partial charge in [-0.2, -0.15) is 10.2 Å². The second kappa shape index (κ2) is 13.5. The number of morpholine rings is 1. The van der Waals surface area contributed by atoms with Crippen LogP contribution in [0.2, 0.25) is 0 Å². The zero-order valence-electron chi connectivity index (χ0n) is 13.9. The molecule has 1 rings (SSSR count). The monoisotopic (exact) mass is 420 g/mol. The molecule has 3 N–H and O–H groups in total. The molecule has 0 aromatic carbocycles. The fraction of sp³-hybridized carbons (Fsp3) is 0.692. The molecule has 1 aliphatic rings. The molecule has 1 unspecified atom stereocenters. The molecule has 0 amide bonds. The van der Waals surface area contributed by atoms with Crippen LogP contribution in [0.3, 0.4) is 0 Å². The first-order chi connectivity index (χ1) is 11.1.